The highest BCUT2D eigenvalue weighted by molar-refractivity contribution is 5.74. The van der Waals surface area contributed by atoms with Crippen molar-refractivity contribution in [2.45, 2.75) is 20.0 Å². The zero-order valence-corrected chi connectivity index (χ0v) is 10.9. The molecule has 0 saturated carbocycles. The van der Waals surface area contributed by atoms with Gasteiger partial charge in [-0.2, -0.15) is 0 Å². The van der Waals surface area contributed by atoms with Gasteiger partial charge >= 0.3 is 0 Å². The monoisotopic (exact) mass is 252 g/mol. The van der Waals surface area contributed by atoms with Gasteiger partial charge in [0.05, 0.1) is 11.7 Å². The summed E-state index contributed by atoms with van der Waals surface area (Å²) in [5.74, 6) is 1.01. The largest absolute Gasteiger partial charge is 0.326 e. The van der Waals surface area contributed by atoms with Crippen LogP contribution in [0, 0.1) is 6.92 Å². The standard InChI is InChI=1S/C15H16N4/c1-11-18-14-9-17-7-6-15(14)19(11)10-13-4-2-12(8-16)3-5-13/h2-7,9H,8,10,16H2,1H3. The van der Waals surface area contributed by atoms with Gasteiger partial charge in [-0.15, -0.1) is 0 Å². The highest BCUT2D eigenvalue weighted by Gasteiger charge is 2.07. The second-order valence-electron chi connectivity index (χ2n) is 4.63. The van der Waals surface area contributed by atoms with Crippen molar-refractivity contribution in [1.82, 2.24) is 14.5 Å². The van der Waals surface area contributed by atoms with E-state index < -0.39 is 0 Å². The van der Waals surface area contributed by atoms with E-state index >= 15 is 0 Å². The van der Waals surface area contributed by atoms with Gasteiger partial charge in [0.2, 0.25) is 0 Å². The maximum absolute atomic E-state index is 5.61. The Bertz CT molecular complexity index is 698. The van der Waals surface area contributed by atoms with Crippen LogP contribution in [0.3, 0.4) is 0 Å². The number of benzene rings is 1. The van der Waals surface area contributed by atoms with Crippen molar-refractivity contribution in [2.75, 3.05) is 0 Å². The molecular weight excluding hydrogens is 236 g/mol. The first-order valence-electron chi connectivity index (χ1n) is 6.32. The number of rotatable bonds is 3. The lowest BCUT2D eigenvalue weighted by Gasteiger charge is -2.07. The molecule has 0 aliphatic rings. The van der Waals surface area contributed by atoms with Gasteiger partial charge in [-0.05, 0) is 24.1 Å². The molecule has 0 fully saturated rings. The molecule has 3 rings (SSSR count). The molecule has 0 spiro atoms. The van der Waals surface area contributed by atoms with Crippen LogP contribution in [0.15, 0.2) is 42.7 Å². The van der Waals surface area contributed by atoms with Crippen molar-refractivity contribution in [2.24, 2.45) is 5.73 Å². The molecule has 4 nitrogen and oxygen atoms in total. The quantitative estimate of drug-likeness (QED) is 0.777. The Morgan fingerprint density at radius 1 is 1.11 bits per heavy atom. The summed E-state index contributed by atoms with van der Waals surface area (Å²) in [5, 5.41) is 0. The predicted octanol–water partition coefficient (Wildman–Crippen LogP) is 2.25. The van der Waals surface area contributed by atoms with Crippen LogP contribution in [-0.2, 0) is 13.1 Å². The van der Waals surface area contributed by atoms with Crippen molar-refractivity contribution in [3.05, 3.63) is 59.7 Å². The number of hydrogen-bond acceptors (Lipinski definition) is 3. The zero-order valence-electron chi connectivity index (χ0n) is 10.9. The first-order valence-corrected chi connectivity index (χ1v) is 6.32. The van der Waals surface area contributed by atoms with Gasteiger partial charge in [0, 0.05) is 19.3 Å². The summed E-state index contributed by atoms with van der Waals surface area (Å²) < 4.78 is 2.20. The fourth-order valence-corrected chi connectivity index (χ4v) is 2.27. The second-order valence-corrected chi connectivity index (χ2v) is 4.63. The van der Waals surface area contributed by atoms with E-state index in [9.17, 15) is 0 Å². The minimum Gasteiger partial charge on any atom is -0.326 e. The SMILES string of the molecule is Cc1nc2cnccc2n1Cc1ccc(CN)cc1. The Morgan fingerprint density at radius 2 is 1.84 bits per heavy atom. The summed E-state index contributed by atoms with van der Waals surface area (Å²) >= 11 is 0. The summed E-state index contributed by atoms with van der Waals surface area (Å²) in [6, 6.07) is 10.4. The summed E-state index contributed by atoms with van der Waals surface area (Å²) in [5.41, 5.74) is 10.1. The fourth-order valence-electron chi connectivity index (χ4n) is 2.27. The third-order valence-corrected chi connectivity index (χ3v) is 3.34. The number of pyridine rings is 1. The van der Waals surface area contributed by atoms with Crippen molar-refractivity contribution < 1.29 is 0 Å². The van der Waals surface area contributed by atoms with Crippen molar-refractivity contribution in [1.29, 1.82) is 0 Å². The minimum atomic E-state index is 0.582. The van der Waals surface area contributed by atoms with Gasteiger partial charge in [-0.3, -0.25) is 4.98 Å². The zero-order chi connectivity index (χ0) is 13.2. The Morgan fingerprint density at radius 3 is 2.58 bits per heavy atom. The van der Waals surface area contributed by atoms with E-state index in [4.69, 9.17) is 5.73 Å². The number of fused-ring (bicyclic) bond motifs is 1. The molecule has 19 heavy (non-hydrogen) atoms. The van der Waals surface area contributed by atoms with Crippen LogP contribution >= 0.6 is 0 Å². The first kappa shape index (κ1) is 11.9. The third kappa shape index (κ3) is 2.22. The molecule has 2 heterocycles. The van der Waals surface area contributed by atoms with Crippen LogP contribution in [0.5, 0.6) is 0 Å². The van der Waals surface area contributed by atoms with E-state index in [1.54, 1.807) is 12.4 Å². The van der Waals surface area contributed by atoms with Crippen LogP contribution < -0.4 is 5.73 Å². The molecule has 3 aromatic rings. The molecule has 96 valence electrons. The van der Waals surface area contributed by atoms with Gasteiger partial charge in [0.25, 0.3) is 0 Å². The van der Waals surface area contributed by atoms with E-state index in [0.29, 0.717) is 6.54 Å². The highest BCUT2D eigenvalue weighted by atomic mass is 15.1. The maximum atomic E-state index is 5.61. The molecule has 0 aliphatic carbocycles. The van der Waals surface area contributed by atoms with Gasteiger partial charge in [0.15, 0.2) is 0 Å². The van der Waals surface area contributed by atoms with Crippen LogP contribution in [0.25, 0.3) is 11.0 Å². The molecule has 2 aromatic heterocycles. The number of aryl methyl sites for hydroxylation is 1. The van der Waals surface area contributed by atoms with Gasteiger partial charge < -0.3 is 10.3 Å². The van der Waals surface area contributed by atoms with Crippen LogP contribution in [0.2, 0.25) is 0 Å². The van der Waals surface area contributed by atoms with Crippen LogP contribution in [0.4, 0.5) is 0 Å². The van der Waals surface area contributed by atoms with Crippen molar-refractivity contribution in [3.63, 3.8) is 0 Å². The number of aromatic nitrogens is 3. The summed E-state index contributed by atoms with van der Waals surface area (Å²) in [6.45, 7) is 3.42. The van der Waals surface area contributed by atoms with Crippen LogP contribution in [-0.4, -0.2) is 14.5 Å². The van der Waals surface area contributed by atoms with E-state index in [-0.39, 0.29) is 0 Å². The summed E-state index contributed by atoms with van der Waals surface area (Å²) in [7, 11) is 0. The molecule has 0 aliphatic heterocycles. The minimum absolute atomic E-state index is 0.582. The Balaban J connectivity index is 1.98. The molecule has 0 atom stereocenters. The number of hydrogen-bond donors (Lipinski definition) is 1. The molecule has 0 bridgehead atoms. The average Bonchev–Trinajstić information content (AvgIpc) is 2.76. The number of nitrogens with zero attached hydrogens (tertiary/aromatic N) is 3. The Kier molecular flexibility index (Phi) is 3.01. The molecule has 2 N–H and O–H groups in total. The lowest BCUT2D eigenvalue weighted by molar-refractivity contribution is 0.785. The highest BCUT2D eigenvalue weighted by Crippen LogP contribution is 2.16. The second kappa shape index (κ2) is 4.82. The summed E-state index contributed by atoms with van der Waals surface area (Å²) in [6.07, 6.45) is 3.60. The molecule has 0 saturated heterocycles. The number of imidazole rings is 1. The van der Waals surface area contributed by atoms with Gasteiger partial charge in [-0.1, -0.05) is 24.3 Å². The third-order valence-electron chi connectivity index (χ3n) is 3.34. The molecule has 0 radical (unpaired) electrons. The molecule has 0 unspecified atom stereocenters. The Labute approximate surface area is 111 Å². The molecule has 0 amide bonds. The predicted molar refractivity (Wildman–Crippen MR) is 75.7 cm³/mol. The molecular formula is C15H16N4. The summed E-state index contributed by atoms with van der Waals surface area (Å²) in [4.78, 5) is 8.63. The fraction of sp³-hybridized carbons (Fsp3) is 0.200. The van der Waals surface area contributed by atoms with Crippen molar-refractivity contribution in [3.8, 4) is 0 Å². The lowest BCUT2D eigenvalue weighted by Crippen LogP contribution is -2.02. The van der Waals surface area contributed by atoms with E-state index in [0.717, 1.165) is 29.0 Å². The van der Waals surface area contributed by atoms with E-state index in [1.807, 2.05) is 13.0 Å². The Hall–Kier alpha value is -2.20. The van der Waals surface area contributed by atoms with Gasteiger partial charge in [-0.25, -0.2) is 4.98 Å². The van der Waals surface area contributed by atoms with Crippen molar-refractivity contribution >= 4 is 11.0 Å². The lowest BCUT2D eigenvalue weighted by atomic mass is 10.1. The smallest absolute Gasteiger partial charge is 0.107 e. The topological polar surface area (TPSA) is 56.7 Å². The van der Waals surface area contributed by atoms with Gasteiger partial charge in [0.1, 0.15) is 11.3 Å². The maximum Gasteiger partial charge on any atom is 0.107 e. The van der Waals surface area contributed by atoms with Crippen LogP contribution in [0.1, 0.15) is 17.0 Å². The normalized spacial score (nSPS) is 11.1. The first-order chi connectivity index (χ1) is 9.28. The van der Waals surface area contributed by atoms with E-state index in [1.165, 1.54) is 5.56 Å². The average molecular weight is 252 g/mol. The number of nitrogens with two attached hydrogens (primary N) is 1. The molecule has 4 heteroatoms. The van der Waals surface area contributed by atoms with E-state index in [2.05, 4.69) is 38.8 Å². The molecule has 1 aromatic carbocycles.